The quantitative estimate of drug-likeness (QED) is 0.282. The Morgan fingerprint density at radius 2 is 1.97 bits per heavy atom. The summed E-state index contributed by atoms with van der Waals surface area (Å²) < 4.78 is 7.16. The van der Waals surface area contributed by atoms with Crippen LogP contribution in [0.5, 0.6) is 11.5 Å². The molecule has 0 amide bonds. The fourth-order valence-corrected chi connectivity index (χ4v) is 5.54. The minimum absolute atomic E-state index is 0.156. The maximum absolute atomic E-state index is 10.6. The molecule has 0 radical (unpaired) electrons. The predicted octanol–water partition coefficient (Wildman–Crippen LogP) is 5.81. The molecule has 7 nitrogen and oxygen atoms in total. The van der Waals surface area contributed by atoms with Gasteiger partial charge in [0, 0.05) is 30.4 Å². The number of benzene rings is 2. The molecule has 6 rings (SSSR count). The maximum Gasteiger partial charge on any atom is 0.184 e. The number of H-pyrrole nitrogens is 1. The second-order valence-electron chi connectivity index (χ2n) is 8.72. The summed E-state index contributed by atoms with van der Waals surface area (Å²) in [7, 11) is 0. The zero-order chi connectivity index (χ0) is 23.9. The first-order chi connectivity index (χ1) is 17.1. The fourth-order valence-electron chi connectivity index (χ4n) is 4.61. The van der Waals surface area contributed by atoms with Crippen LogP contribution in [-0.2, 0) is 12.8 Å². The predicted molar refractivity (Wildman–Crippen MR) is 138 cm³/mol. The van der Waals surface area contributed by atoms with E-state index in [9.17, 15) is 5.11 Å². The largest absolute Gasteiger partial charge is 0.457 e. The van der Waals surface area contributed by atoms with E-state index in [4.69, 9.17) is 9.72 Å². The van der Waals surface area contributed by atoms with Crippen molar-refractivity contribution < 1.29 is 9.84 Å². The van der Waals surface area contributed by atoms with Gasteiger partial charge in [0.05, 0.1) is 28.1 Å². The minimum Gasteiger partial charge on any atom is -0.457 e. The van der Waals surface area contributed by atoms with Crippen molar-refractivity contribution in [3.8, 4) is 23.0 Å². The van der Waals surface area contributed by atoms with Gasteiger partial charge < -0.3 is 20.1 Å². The number of fused-ring (bicyclic) bond motifs is 2. The molecule has 0 saturated carbocycles. The van der Waals surface area contributed by atoms with Crippen LogP contribution in [0.1, 0.15) is 35.5 Å². The van der Waals surface area contributed by atoms with Crippen molar-refractivity contribution in [2.45, 2.75) is 38.8 Å². The zero-order valence-electron chi connectivity index (χ0n) is 19.4. The topological polar surface area (TPSA) is 96.0 Å². The lowest BCUT2D eigenvalue weighted by molar-refractivity contribution is 0.166. The smallest absolute Gasteiger partial charge is 0.184 e. The number of imidazole rings is 1. The standard InChI is InChI=1S/C27H25N5O2S/c1-3-20-15(2)29-26(30-20)22-13-18(10-11-28-22)34-17-8-9-21-24(14-17)35-27(31-21)32-25-19-7-5-4-6-16(19)12-23(25)33/h4-11,13-14,23,25,33H,3,12H2,1-2H3,(H,29,30)(H,31,32)/t23-,25+/m0/s1. The van der Waals surface area contributed by atoms with E-state index < -0.39 is 6.10 Å². The number of anilines is 1. The summed E-state index contributed by atoms with van der Waals surface area (Å²) in [5.74, 6) is 2.16. The summed E-state index contributed by atoms with van der Waals surface area (Å²) >= 11 is 1.55. The van der Waals surface area contributed by atoms with E-state index in [2.05, 4.69) is 39.3 Å². The molecule has 0 unspecified atom stereocenters. The van der Waals surface area contributed by atoms with Crippen molar-refractivity contribution in [2.24, 2.45) is 0 Å². The van der Waals surface area contributed by atoms with Gasteiger partial charge in [0.15, 0.2) is 11.0 Å². The number of hydrogen-bond acceptors (Lipinski definition) is 7. The minimum atomic E-state index is -0.467. The van der Waals surface area contributed by atoms with Crippen LogP contribution in [0.3, 0.4) is 0 Å². The molecule has 5 aromatic rings. The van der Waals surface area contributed by atoms with E-state index in [0.717, 1.165) is 56.0 Å². The Morgan fingerprint density at radius 3 is 2.83 bits per heavy atom. The molecule has 3 N–H and O–H groups in total. The SMILES string of the molecule is CCc1[nH]c(-c2cc(Oc3ccc4nc(N[C@@H]5c6ccccc6C[C@@H]5O)sc4c3)ccn2)nc1C. The van der Waals surface area contributed by atoms with Gasteiger partial charge in [-0.05, 0) is 42.7 Å². The lowest BCUT2D eigenvalue weighted by Crippen LogP contribution is -2.20. The molecule has 35 heavy (non-hydrogen) atoms. The highest BCUT2D eigenvalue weighted by atomic mass is 32.1. The van der Waals surface area contributed by atoms with Crippen molar-refractivity contribution in [2.75, 3.05) is 5.32 Å². The summed E-state index contributed by atoms with van der Waals surface area (Å²) in [4.78, 5) is 17.1. The molecule has 0 bridgehead atoms. The van der Waals surface area contributed by atoms with E-state index in [0.29, 0.717) is 12.2 Å². The molecule has 0 aliphatic heterocycles. The van der Waals surface area contributed by atoms with Gasteiger partial charge in [-0.3, -0.25) is 4.98 Å². The molecule has 2 aromatic carbocycles. The number of rotatable bonds is 6. The molecule has 1 aliphatic carbocycles. The van der Waals surface area contributed by atoms with Gasteiger partial charge in [0.25, 0.3) is 0 Å². The van der Waals surface area contributed by atoms with E-state index in [1.165, 1.54) is 5.56 Å². The van der Waals surface area contributed by atoms with Gasteiger partial charge >= 0.3 is 0 Å². The third-order valence-corrected chi connectivity index (χ3v) is 7.34. The van der Waals surface area contributed by atoms with E-state index in [-0.39, 0.29) is 6.04 Å². The third kappa shape index (κ3) is 4.15. The molecule has 0 saturated heterocycles. The summed E-state index contributed by atoms with van der Waals surface area (Å²) in [6.07, 6.45) is 2.81. The van der Waals surface area contributed by atoms with E-state index >= 15 is 0 Å². The molecule has 8 heteroatoms. The average molecular weight is 484 g/mol. The van der Waals surface area contributed by atoms with Crippen molar-refractivity contribution in [1.82, 2.24) is 19.9 Å². The van der Waals surface area contributed by atoms with Gasteiger partial charge in [0.1, 0.15) is 17.2 Å². The van der Waals surface area contributed by atoms with Crippen LogP contribution in [0.15, 0.2) is 60.8 Å². The third-order valence-electron chi connectivity index (χ3n) is 6.39. The second kappa shape index (κ2) is 8.79. The summed E-state index contributed by atoms with van der Waals surface area (Å²) in [5, 5.41) is 14.8. The van der Waals surface area contributed by atoms with E-state index in [1.54, 1.807) is 17.5 Å². The Labute approximate surface area is 206 Å². The highest BCUT2D eigenvalue weighted by Crippen LogP contribution is 2.37. The van der Waals surface area contributed by atoms with Crippen molar-refractivity contribution in [1.29, 1.82) is 0 Å². The Kier molecular flexibility index (Phi) is 5.47. The summed E-state index contributed by atoms with van der Waals surface area (Å²) in [5.41, 5.74) is 6.05. The number of aromatic amines is 1. The zero-order valence-corrected chi connectivity index (χ0v) is 20.3. The molecule has 3 aromatic heterocycles. The highest BCUT2D eigenvalue weighted by Gasteiger charge is 2.31. The van der Waals surface area contributed by atoms with Crippen molar-refractivity contribution in [3.05, 3.63) is 83.3 Å². The Morgan fingerprint density at radius 1 is 1.11 bits per heavy atom. The van der Waals surface area contributed by atoms with Gasteiger partial charge in [-0.15, -0.1) is 0 Å². The van der Waals surface area contributed by atoms with Crippen LogP contribution in [-0.4, -0.2) is 31.1 Å². The van der Waals surface area contributed by atoms with Crippen LogP contribution >= 0.6 is 11.3 Å². The number of nitrogens with zero attached hydrogens (tertiary/aromatic N) is 3. The molecule has 0 fully saturated rings. The van der Waals surface area contributed by atoms with Gasteiger partial charge in [-0.25, -0.2) is 9.97 Å². The Balaban J connectivity index is 1.22. The lowest BCUT2D eigenvalue weighted by atomic mass is 10.1. The number of aliphatic hydroxyl groups is 1. The van der Waals surface area contributed by atoms with Gasteiger partial charge in [-0.2, -0.15) is 0 Å². The molecule has 3 heterocycles. The van der Waals surface area contributed by atoms with Gasteiger partial charge in [-0.1, -0.05) is 42.5 Å². The first-order valence-electron chi connectivity index (χ1n) is 11.7. The monoisotopic (exact) mass is 483 g/mol. The van der Waals surface area contributed by atoms with Crippen LogP contribution in [0.2, 0.25) is 0 Å². The number of aryl methyl sites for hydroxylation is 2. The number of pyridine rings is 1. The van der Waals surface area contributed by atoms with Gasteiger partial charge in [0.2, 0.25) is 0 Å². The van der Waals surface area contributed by atoms with E-state index in [1.807, 2.05) is 49.4 Å². The van der Waals surface area contributed by atoms with Crippen LogP contribution in [0.4, 0.5) is 5.13 Å². The highest BCUT2D eigenvalue weighted by molar-refractivity contribution is 7.22. The fraction of sp³-hybridized carbons (Fsp3) is 0.222. The normalized spacial score (nSPS) is 17.0. The molecule has 2 atom stereocenters. The lowest BCUT2D eigenvalue weighted by Gasteiger charge is -2.16. The van der Waals surface area contributed by atoms with Crippen molar-refractivity contribution in [3.63, 3.8) is 0 Å². The number of ether oxygens (including phenoxy) is 1. The average Bonchev–Trinajstić information content (AvgIpc) is 3.54. The maximum atomic E-state index is 10.6. The number of nitrogens with one attached hydrogen (secondary N) is 2. The number of thiazole rings is 1. The van der Waals surface area contributed by atoms with Crippen LogP contribution < -0.4 is 10.1 Å². The summed E-state index contributed by atoms with van der Waals surface area (Å²) in [6, 6.07) is 17.6. The first-order valence-corrected chi connectivity index (χ1v) is 12.5. The number of hydrogen-bond donors (Lipinski definition) is 3. The second-order valence-corrected chi connectivity index (χ2v) is 9.75. The molecular formula is C27H25N5O2S. The number of aliphatic hydroxyl groups excluding tert-OH is 1. The molecular weight excluding hydrogens is 458 g/mol. The van der Waals surface area contributed by atoms with Crippen LogP contribution in [0, 0.1) is 6.92 Å². The first kappa shape index (κ1) is 21.8. The Bertz CT molecular complexity index is 1530. The van der Waals surface area contributed by atoms with Crippen molar-refractivity contribution >= 4 is 26.7 Å². The number of aromatic nitrogens is 4. The molecule has 176 valence electrons. The molecule has 0 spiro atoms. The van der Waals surface area contributed by atoms with Crippen LogP contribution in [0.25, 0.3) is 21.7 Å². The Hall–Kier alpha value is -3.75. The summed E-state index contributed by atoms with van der Waals surface area (Å²) in [6.45, 7) is 4.10. The molecule has 1 aliphatic rings.